The number of methoxy groups -OCH3 is 1. The number of rotatable bonds is 5. The summed E-state index contributed by atoms with van der Waals surface area (Å²) in [5.41, 5.74) is 1.16. The Balaban J connectivity index is 1.96. The van der Waals surface area contributed by atoms with Crippen molar-refractivity contribution in [1.29, 1.82) is 0 Å². The number of aromatic nitrogens is 1. The summed E-state index contributed by atoms with van der Waals surface area (Å²) >= 11 is 0. The van der Waals surface area contributed by atoms with Crippen LogP contribution in [-0.2, 0) is 10.0 Å². The van der Waals surface area contributed by atoms with Crippen molar-refractivity contribution in [2.24, 2.45) is 0 Å². The first-order valence-corrected chi connectivity index (χ1v) is 9.54. The Labute approximate surface area is 157 Å². The first-order valence-electron chi connectivity index (χ1n) is 8.10. The highest BCUT2D eigenvalue weighted by Gasteiger charge is 2.20. The minimum absolute atomic E-state index is 0.0510. The van der Waals surface area contributed by atoms with Gasteiger partial charge in [-0.2, -0.15) is 0 Å². The molecule has 2 aromatic carbocycles. The third kappa shape index (κ3) is 3.76. The highest BCUT2D eigenvalue weighted by atomic mass is 32.2. The number of carbonyl (C=O) groups excluding carboxylic acids is 1. The number of benzene rings is 2. The normalized spacial score (nSPS) is 11.6. The van der Waals surface area contributed by atoms with E-state index in [4.69, 9.17) is 4.74 Å². The molecule has 0 saturated heterocycles. The molecule has 3 rings (SSSR count). The first kappa shape index (κ1) is 18.8. The number of ether oxygens (including phenoxy) is 1. The predicted molar refractivity (Wildman–Crippen MR) is 104 cm³/mol. The van der Waals surface area contributed by atoms with Gasteiger partial charge in [-0.3, -0.25) is 4.79 Å². The number of hydrogen-bond donors (Lipinski definition) is 1. The summed E-state index contributed by atoms with van der Waals surface area (Å²) in [6.07, 6.45) is 0. The molecule has 0 fully saturated rings. The molecule has 0 unspecified atom stereocenters. The third-order valence-electron chi connectivity index (χ3n) is 4.03. The molecule has 8 heteroatoms. The monoisotopic (exact) mass is 385 g/mol. The number of amides is 1. The van der Waals surface area contributed by atoms with E-state index in [1.54, 1.807) is 12.1 Å². The zero-order valence-electron chi connectivity index (χ0n) is 15.1. The lowest BCUT2D eigenvalue weighted by molar-refractivity contribution is 0.102. The van der Waals surface area contributed by atoms with E-state index in [9.17, 15) is 13.2 Å². The summed E-state index contributed by atoms with van der Waals surface area (Å²) in [7, 11) is 0.684. The summed E-state index contributed by atoms with van der Waals surface area (Å²) in [6.45, 7) is 0. The molecule has 1 amide bonds. The van der Waals surface area contributed by atoms with Gasteiger partial charge in [-0.05, 0) is 30.3 Å². The van der Waals surface area contributed by atoms with Crippen LogP contribution < -0.4 is 10.1 Å². The quantitative estimate of drug-likeness (QED) is 0.730. The lowest BCUT2D eigenvalue weighted by atomic mass is 10.2. The summed E-state index contributed by atoms with van der Waals surface area (Å²) in [5, 5.41) is 3.61. The third-order valence-corrected chi connectivity index (χ3v) is 5.84. The van der Waals surface area contributed by atoms with E-state index in [-0.39, 0.29) is 16.3 Å². The molecule has 0 aliphatic heterocycles. The van der Waals surface area contributed by atoms with Crippen molar-refractivity contribution in [3.05, 3.63) is 60.3 Å². The maximum atomic E-state index is 12.6. The number of nitrogens with zero attached hydrogens (tertiary/aromatic N) is 2. The number of anilines is 1. The molecule has 0 bridgehead atoms. The molecular formula is C19H19N3O4S. The summed E-state index contributed by atoms with van der Waals surface area (Å²) in [5.74, 6) is -0.111. The molecule has 3 aromatic rings. The van der Waals surface area contributed by atoms with E-state index in [2.05, 4.69) is 10.3 Å². The van der Waals surface area contributed by atoms with Crippen molar-refractivity contribution >= 4 is 32.5 Å². The second-order valence-corrected chi connectivity index (χ2v) is 8.14. The van der Waals surface area contributed by atoms with Crippen LogP contribution in [0.2, 0.25) is 0 Å². The Morgan fingerprint density at radius 3 is 2.52 bits per heavy atom. The Hall–Kier alpha value is -2.97. The van der Waals surface area contributed by atoms with E-state index in [0.717, 1.165) is 9.69 Å². The summed E-state index contributed by atoms with van der Waals surface area (Å²) < 4.78 is 31.0. The number of sulfonamides is 1. The van der Waals surface area contributed by atoms with Gasteiger partial charge in [0.1, 0.15) is 11.4 Å². The van der Waals surface area contributed by atoms with Gasteiger partial charge in [0.05, 0.1) is 23.2 Å². The maximum Gasteiger partial charge on any atom is 0.274 e. The minimum atomic E-state index is -3.64. The van der Waals surface area contributed by atoms with Crippen molar-refractivity contribution in [1.82, 2.24) is 9.29 Å². The topological polar surface area (TPSA) is 88.6 Å². The fraction of sp³-hybridized carbons (Fsp3) is 0.158. The molecule has 0 saturated carbocycles. The van der Waals surface area contributed by atoms with Crippen LogP contribution in [0.3, 0.4) is 0 Å². The van der Waals surface area contributed by atoms with Crippen molar-refractivity contribution in [2.45, 2.75) is 4.90 Å². The summed E-state index contributed by atoms with van der Waals surface area (Å²) in [4.78, 5) is 17.0. The smallest absolute Gasteiger partial charge is 0.274 e. The van der Waals surface area contributed by atoms with E-state index < -0.39 is 15.9 Å². The van der Waals surface area contributed by atoms with Gasteiger partial charge in [0.2, 0.25) is 10.0 Å². The summed E-state index contributed by atoms with van der Waals surface area (Å²) in [6, 6.07) is 15.2. The SMILES string of the molecule is COc1ccc(S(=O)(=O)N(C)C)cc1NC(=O)c1ccc2ccccc2n1. The largest absolute Gasteiger partial charge is 0.495 e. The number of hydrogen-bond acceptors (Lipinski definition) is 5. The van der Waals surface area contributed by atoms with E-state index in [0.29, 0.717) is 11.3 Å². The first-order chi connectivity index (χ1) is 12.8. The van der Waals surface area contributed by atoms with Crippen LogP contribution >= 0.6 is 0 Å². The molecule has 0 spiro atoms. The Morgan fingerprint density at radius 1 is 1.07 bits per heavy atom. The standard InChI is InChI=1S/C19H19N3O4S/c1-22(2)27(24,25)14-9-11-18(26-3)17(12-14)21-19(23)16-10-8-13-6-4-5-7-15(13)20-16/h4-12H,1-3H3,(H,21,23). The Kier molecular flexibility index (Phi) is 5.11. The molecule has 0 aliphatic rings. The highest BCUT2D eigenvalue weighted by molar-refractivity contribution is 7.89. The second-order valence-electron chi connectivity index (χ2n) is 5.99. The fourth-order valence-corrected chi connectivity index (χ4v) is 3.46. The van der Waals surface area contributed by atoms with Gasteiger partial charge in [0, 0.05) is 19.5 Å². The van der Waals surface area contributed by atoms with E-state index in [1.807, 2.05) is 24.3 Å². The number of para-hydroxylation sites is 1. The van der Waals surface area contributed by atoms with Crippen molar-refractivity contribution < 1.29 is 17.9 Å². The highest BCUT2D eigenvalue weighted by Crippen LogP contribution is 2.29. The minimum Gasteiger partial charge on any atom is -0.495 e. The molecular weight excluding hydrogens is 366 g/mol. The van der Waals surface area contributed by atoms with Crippen LogP contribution in [-0.4, -0.2) is 44.8 Å². The van der Waals surface area contributed by atoms with Crippen LogP contribution in [0.1, 0.15) is 10.5 Å². The lowest BCUT2D eigenvalue weighted by Gasteiger charge is -2.15. The molecule has 140 valence electrons. The molecule has 1 N–H and O–H groups in total. The van der Waals surface area contributed by atoms with Crippen LogP contribution in [0.15, 0.2) is 59.5 Å². The average Bonchev–Trinajstić information content (AvgIpc) is 2.67. The molecule has 0 radical (unpaired) electrons. The second kappa shape index (κ2) is 7.34. The van der Waals surface area contributed by atoms with Crippen LogP contribution in [0, 0.1) is 0 Å². The van der Waals surface area contributed by atoms with Crippen molar-refractivity contribution in [3.63, 3.8) is 0 Å². The molecule has 7 nitrogen and oxygen atoms in total. The molecule has 0 aliphatic carbocycles. The number of fused-ring (bicyclic) bond motifs is 1. The van der Waals surface area contributed by atoms with Gasteiger partial charge in [-0.1, -0.05) is 24.3 Å². The van der Waals surface area contributed by atoms with E-state index >= 15 is 0 Å². The van der Waals surface area contributed by atoms with Crippen LogP contribution in [0.25, 0.3) is 10.9 Å². The van der Waals surface area contributed by atoms with Gasteiger partial charge in [0.15, 0.2) is 0 Å². The van der Waals surface area contributed by atoms with Gasteiger partial charge >= 0.3 is 0 Å². The molecule has 1 aromatic heterocycles. The fourth-order valence-electron chi connectivity index (χ4n) is 2.53. The van der Waals surface area contributed by atoms with E-state index in [1.165, 1.54) is 39.4 Å². The van der Waals surface area contributed by atoms with Gasteiger partial charge in [-0.25, -0.2) is 17.7 Å². The number of nitrogens with one attached hydrogen (secondary N) is 1. The molecule has 0 atom stereocenters. The lowest BCUT2D eigenvalue weighted by Crippen LogP contribution is -2.22. The van der Waals surface area contributed by atoms with Gasteiger partial charge in [-0.15, -0.1) is 0 Å². The predicted octanol–water partition coefficient (Wildman–Crippen LogP) is 2.75. The Bertz CT molecular complexity index is 1110. The van der Waals surface area contributed by atoms with Gasteiger partial charge in [0.25, 0.3) is 5.91 Å². The number of carbonyl (C=O) groups is 1. The van der Waals surface area contributed by atoms with Crippen molar-refractivity contribution in [3.8, 4) is 5.75 Å². The average molecular weight is 385 g/mol. The zero-order valence-corrected chi connectivity index (χ0v) is 15.9. The maximum absolute atomic E-state index is 12.6. The van der Waals surface area contributed by atoms with Crippen molar-refractivity contribution in [2.75, 3.05) is 26.5 Å². The van der Waals surface area contributed by atoms with Crippen LogP contribution in [0.5, 0.6) is 5.75 Å². The zero-order chi connectivity index (χ0) is 19.6. The van der Waals surface area contributed by atoms with Crippen LogP contribution in [0.4, 0.5) is 5.69 Å². The Morgan fingerprint density at radius 2 is 1.81 bits per heavy atom. The number of pyridine rings is 1. The van der Waals surface area contributed by atoms with Gasteiger partial charge < -0.3 is 10.1 Å². The molecule has 27 heavy (non-hydrogen) atoms. The molecule has 1 heterocycles.